The minimum atomic E-state index is 0.156. The van der Waals surface area contributed by atoms with E-state index in [4.69, 9.17) is 19.4 Å². The highest BCUT2D eigenvalue weighted by Gasteiger charge is 2.28. The van der Waals surface area contributed by atoms with Crippen LogP contribution in [0.25, 0.3) is 17.0 Å². The molecule has 31 heavy (non-hydrogen) atoms. The number of morpholine rings is 2. The lowest BCUT2D eigenvalue weighted by atomic mass is 10.2. The summed E-state index contributed by atoms with van der Waals surface area (Å²) in [7, 11) is 0. The Morgan fingerprint density at radius 3 is 1.84 bits per heavy atom. The summed E-state index contributed by atoms with van der Waals surface area (Å²) in [5.74, 6) is 2.48. The predicted molar refractivity (Wildman–Crippen MR) is 121 cm³/mol. The zero-order valence-electron chi connectivity index (χ0n) is 18.6. The zero-order valence-corrected chi connectivity index (χ0v) is 18.6. The predicted octanol–water partition coefficient (Wildman–Crippen LogP) is 3.04. The van der Waals surface area contributed by atoms with Gasteiger partial charge in [-0.1, -0.05) is 12.1 Å². The SMILES string of the molecule is C[C@@H]1CN(c2cc(N3C[C@@H](C)O[C@@H](C)C3)nc(-n3cnc4ccccc43)n2)C[C@H](C)O1. The molecule has 8 nitrogen and oxygen atoms in total. The number of aromatic nitrogens is 4. The third-order valence-corrected chi connectivity index (χ3v) is 5.84. The average Bonchev–Trinajstić information content (AvgIpc) is 3.16. The Hall–Kier alpha value is -2.71. The summed E-state index contributed by atoms with van der Waals surface area (Å²) in [6.45, 7) is 11.7. The average molecular weight is 423 g/mol. The summed E-state index contributed by atoms with van der Waals surface area (Å²) >= 11 is 0. The molecule has 8 heteroatoms. The molecule has 2 fully saturated rings. The monoisotopic (exact) mass is 422 g/mol. The molecule has 3 aromatic rings. The van der Waals surface area contributed by atoms with E-state index < -0.39 is 0 Å². The minimum absolute atomic E-state index is 0.156. The number of benzene rings is 1. The van der Waals surface area contributed by atoms with E-state index in [2.05, 4.69) is 54.6 Å². The van der Waals surface area contributed by atoms with Gasteiger partial charge >= 0.3 is 0 Å². The maximum atomic E-state index is 5.95. The molecule has 0 bridgehead atoms. The number of ether oxygens (including phenoxy) is 2. The first-order valence-electron chi connectivity index (χ1n) is 11.1. The molecule has 4 heterocycles. The van der Waals surface area contributed by atoms with Crippen molar-refractivity contribution >= 4 is 22.7 Å². The molecule has 5 rings (SSSR count). The van der Waals surface area contributed by atoms with E-state index in [1.54, 1.807) is 0 Å². The van der Waals surface area contributed by atoms with Gasteiger partial charge in [-0.05, 0) is 39.8 Å². The second-order valence-corrected chi connectivity index (χ2v) is 8.81. The van der Waals surface area contributed by atoms with Gasteiger partial charge in [0, 0.05) is 32.2 Å². The van der Waals surface area contributed by atoms with Crippen LogP contribution in [0, 0.1) is 0 Å². The first-order valence-corrected chi connectivity index (χ1v) is 11.1. The van der Waals surface area contributed by atoms with Gasteiger partial charge in [-0.15, -0.1) is 0 Å². The Morgan fingerprint density at radius 2 is 1.29 bits per heavy atom. The van der Waals surface area contributed by atoms with Crippen LogP contribution in [0.4, 0.5) is 11.6 Å². The highest BCUT2D eigenvalue weighted by molar-refractivity contribution is 5.76. The molecule has 2 aromatic heterocycles. The maximum absolute atomic E-state index is 5.95. The van der Waals surface area contributed by atoms with Gasteiger partial charge in [0.15, 0.2) is 0 Å². The standard InChI is InChI=1S/C23H30N6O2/c1-15-10-27(11-16(2)30-15)21-9-22(28-12-17(3)31-18(4)13-28)26-23(25-21)29-14-24-19-7-5-6-8-20(19)29/h5-9,14-18H,10-13H2,1-4H3/t15-,16+,17-,18+. The van der Waals surface area contributed by atoms with Gasteiger partial charge in [0.2, 0.25) is 5.95 Å². The van der Waals surface area contributed by atoms with Crippen LogP contribution < -0.4 is 9.80 Å². The smallest absolute Gasteiger partial charge is 0.239 e. The normalized spacial score (nSPS) is 27.1. The number of nitrogens with zero attached hydrogens (tertiary/aromatic N) is 6. The van der Waals surface area contributed by atoms with Crippen molar-refractivity contribution in [3.8, 4) is 5.95 Å². The van der Waals surface area contributed by atoms with E-state index in [-0.39, 0.29) is 24.4 Å². The summed E-state index contributed by atoms with van der Waals surface area (Å²) in [6.07, 6.45) is 2.43. The Labute approximate surface area is 182 Å². The quantitative estimate of drug-likeness (QED) is 0.643. The zero-order chi connectivity index (χ0) is 21.5. The molecule has 4 atom stereocenters. The summed E-state index contributed by atoms with van der Waals surface area (Å²) < 4.78 is 13.9. The van der Waals surface area contributed by atoms with Crippen molar-refractivity contribution in [1.82, 2.24) is 19.5 Å². The van der Waals surface area contributed by atoms with Crippen LogP contribution in [0.1, 0.15) is 27.7 Å². The van der Waals surface area contributed by atoms with Gasteiger partial charge in [-0.2, -0.15) is 9.97 Å². The van der Waals surface area contributed by atoms with Gasteiger partial charge in [0.1, 0.15) is 18.0 Å². The van der Waals surface area contributed by atoms with E-state index in [9.17, 15) is 0 Å². The van der Waals surface area contributed by atoms with E-state index in [1.165, 1.54) is 0 Å². The molecule has 0 unspecified atom stereocenters. The molecule has 164 valence electrons. The fraction of sp³-hybridized carbons (Fsp3) is 0.522. The molecule has 0 radical (unpaired) electrons. The van der Waals surface area contributed by atoms with Crippen molar-refractivity contribution in [3.05, 3.63) is 36.7 Å². The topological polar surface area (TPSA) is 68.5 Å². The number of hydrogen-bond donors (Lipinski definition) is 0. The van der Waals surface area contributed by atoms with Crippen molar-refractivity contribution in [2.45, 2.75) is 52.1 Å². The van der Waals surface area contributed by atoms with Gasteiger partial charge in [-0.25, -0.2) is 4.98 Å². The first-order chi connectivity index (χ1) is 15.0. The summed E-state index contributed by atoms with van der Waals surface area (Å²) in [5.41, 5.74) is 1.93. The second kappa shape index (κ2) is 8.09. The number of rotatable bonds is 3. The number of para-hydroxylation sites is 2. The van der Waals surface area contributed by atoms with Crippen molar-refractivity contribution < 1.29 is 9.47 Å². The van der Waals surface area contributed by atoms with Crippen molar-refractivity contribution in [2.24, 2.45) is 0 Å². The maximum Gasteiger partial charge on any atom is 0.239 e. The molecular formula is C23H30N6O2. The van der Waals surface area contributed by atoms with Crippen molar-refractivity contribution in [3.63, 3.8) is 0 Å². The lowest BCUT2D eigenvalue weighted by molar-refractivity contribution is -0.00566. The van der Waals surface area contributed by atoms with Crippen molar-refractivity contribution in [2.75, 3.05) is 36.0 Å². The lowest BCUT2D eigenvalue weighted by Gasteiger charge is -2.38. The van der Waals surface area contributed by atoms with E-state index in [1.807, 2.05) is 29.1 Å². The van der Waals surface area contributed by atoms with Gasteiger partial charge in [-0.3, -0.25) is 4.57 Å². The number of anilines is 2. The van der Waals surface area contributed by atoms with Gasteiger partial charge < -0.3 is 19.3 Å². The van der Waals surface area contributed by atoms with E-state index in [0.29, 0.717) is 5.95 Å². The number of hydrogen-bond acceptors (Lipinski definition) is 7. The van der Waals surface area contributed by atoms with E-state index in [0.717, 1.165) is 48.8 Å². The van der Waals surface area contributed by atoms with Crippen LogP contribution in [0.3, 0.4) is 0 Å². The van der Waals surface area contributed by atoms with Crippen LogP contribution in [0.2, 0.25) is 0 Å². The van der Waals surface area contributed by atoms with Crippen LogP contribution >= 0.6 is 0 Å². The molecule has 0 saturated carbocycles. The molecule has 2 saturated heterocycles. The molecule has 1 aromatic carbocycles. The largest absolute Gasteiger partial charge is 0.372 e. The van der Waals surface area contributed by atoms with Crippen LogP contribution in [-0.2, 0) is 9.47 Å². The van der Waals surface area contributed by atoms with Crippen LogP contribution in [0.15, 0.2) is 36.7 Å². The Morgan fingerprint density at radius 1 is 0.774 bits per heavy atom. The first kappa shape index (κ1) is 20.2. The Kier molecular flexibility index (Phi) is 5.27. The van der Waals surface area contributed by atoms with Gasteiger partial charge in [0.25, 0.3) is 0 Å². The van der Waals surface area contributed by atoms with Crippen molar-refractivity contribution in [1.29, 1.82) is 0 Å². The number of imidazole rings is 1. The molecule has 0 aliphatic carbocycles. The van der Waals surface area contributed by atoms with Crippen LogP contribution in [-0.4, -0.2) is 70.1 Å². The van der Waals surface area contributed by atoms with Gasteiger partial charge in [0.05, 0.1) is 35.4 Å². The number of fused-ring (bicyclic) bond motifs is 1. The summed E-state index contributed by atoms with van der Waals surface area (Å²) in [6, 6.07) is 10.2. The lowest BCUT2D eigenvalue weighted by Crippen LogP contribution is -2.47. The van der Waals surface area contributed by atoms with E-state index >= 15 is 0 Å². The summed E-state index contributed by atoms with van der Waals surface area (Å²) in [4.78, 5) is 19.1. The Balaban J connectivity index is 1.60. The molecular weight excluding hydrogens is 392 g/mol. The highest BCUT2D eigenvalue weighted by atomic mass is 16.5. The van der Waals surface area contributed by atoms with Crippen LogP contribution in [0.5, 0.6) is 0 Å². The molecule has 0 spiro atoms. The minimum Gasteiger partial charge on any atom is -0.372 e. The molecule has 0 amide bonds. The fourth-order valence-corrected chi connectivity index (χ4v) is 4.69. The highest BCUT2D eigenvalue weighted by Crippen LogP contribution is 2.27. The second-order valence-electron chi connectivity index (χ2n) is 8.81. The fourth-order valence-electron chi connectivity index (χ4n) is 4.69. The molecule has 0 N–H and O–H groups in total. The third kappa shape index (κ3) is 4.09. The molecule has 2 aliphatic heterocycles. The third-order valence-electron chi connectivity index (χ3n) is 5.84. The summed E-state index contributed by atoms with van der Waals surface area (Å²) in [5, 5.41) is 0. The molecule has 2 aliphatic rings. The Bertz CT molecular complexity index is 1000.